The quantitative estimate of drug-likeness (QED) is 0.762. The Morgan fingerprint density at radius 1 is 1.00 bits per heavy atom. The lowest BCUT2D eigenvalue weighted by Crippen LogP contribution is -2.46. The maximum atomic E-state index is 6.34. The fourth-order valence-electron chi connectivity index (χ4n) is 4.14. The third kappa shape index (κ3) is 3.17. The Morgan fingerprint density at radius 2 is 1.79 bits per heavy atom. The SMILES string of the molecule is CO/N=C1\C=C(OCc2ccccc2)C2=c3ccccc3=C3CC=CC=C3N2C1. The topological polar surface area (TPSA) is 34.1 Å². The Balaban J connectivity index is 1.68. The summed E-state index contributed by atoms with van der Waals surface area (Å²) >= 11 is 0. The van der Waals surface area contributed by atoms with Crippen LogP contribution in [0.3, 0.4) is 0 Å². The van der Waals surface area contributed by atoms with Gasteiger partial charge in [-0.1, -0.05) is 71.9 Å². The van der Waals surface area contributed by atoms with Crippen LogP contribution in [0.25, 0.3) is 11.3 Å². The highest BCUT2D eigenvalue weighted by Gasteiger charge is 2.31. The van der Waals surface area contributed by atoms with Crippen molar-refractivity contribution < 1.29 is 9.57 Å². The number of benzene rings is 2. The summed E-state index contributed by atoms with van der Waals surface area (Å²) in [7, 11) is 1.58. The van der Waals surface area contributed by atoms with Crippen LogP contribution in [0.4, 0.5) is 0 Å². The molecule has 0 bridgehead atoms. The molecule has 0 spiro atoms. The van der Waals surface area contributed by atoms with Crippen molar-refractivity contribution in [2.75, 3.05) is 13.7 Å². The van der Waals surface area contributed by atoms with Crippen LogP contribution in [0.15, 0.2) is 95.5 Å². The van der Waals surface area contributed by atoms with Crippen LogP contribution >= 0.6 is 0 Å². The highest BCUT2D eigenvalue weighted by atomic mass is 16.6. The molecule has 29 heavy (non-hydrogen) atoms. The van der Waals surface area contributed by atoms with Gasteiger partial charge in [0.25, 0.3) is 0 Å². The molecule has 1 aliphatic carbocycles. The van der Waals surface area contributed by atoms with E-state index in [9.17, 15) is 0 Å². The predicted molar refractivity (Wildman–Crippen MR) is 115 cm³/mol. The Kier molecular flexibility index (Phi) is 4.53. The largest absolute Gasteiger partial charge is 0.487 e. The van der Waals surface area contributed by atoms with Crippen LogP contribution in [0.2, 0.25) is 0 Å². The van der Waals surface area contributed by atoms with Gasteiger partial charge in [0.1, 0.15) is 25.2 Å². The normalized spacial score (nSPS) is 18.5. The van der Waals surface area contributed by atoms with Crippen molar-refractivity contribution in [3.63, 3.8) is 0 Å². The Morgan fingerprint density at radius 3 is 2.62 bits per heavy atom. The average Bonchev–Trinajstić information content (AvgIpc) is 2.78. The van der Waals surface area contributed by atoms with Gasteiger partial charge in [-0.15, -0.1) is 0 Å². The van der Waals surface area contributed by atoms with Crippen LogP contribution in [-0.2, 0) is 16.2 Å². The fraction of sp³-hybridized carbons (Fsp3) is 0.160. The van der Waals surface area contributed by atoms with E-state index in [4.69, 9.17) is 9.57 Å². The van der Waals surface area contributed by atoms with Gasteiger partial charge >= 0.3 is 0 Å². The van der Waals surface area contributed by atoms with Crippen molar-refractivity contribution in [2.24, 2.45) is 5.16 Å². The summed E-state index contributed by atoms with van der Waals surface area (Å²) in [4.78, 5) is 7.39. The van der Waals surface area contributed by atoms with Gasteiger partial charge in [-0.25, -0.2) is 0 Å². The van der Waals surface area contributed by atoms with Crippen LogP contribution in [-0.4, -0.2) is 24.3 Å². The molecule has 2 heterocycles. The smallest absolute Gasteiger partial charge is 0.146 e. The summed E-state index contributed by atoms with van der Waals surface area (Å²) in [5.74, 6) is 0.817. The van der Waals surface area contributed by atoms with Crippen LogP contribution in [0.5, 0.6) is 0 Å². The summed E-state index contributed by atoms with van der Waals surface area (Å²) in [5.41, 5.74) is 5.62. The molecule has 0 atom stereocenters. The molecule has 0 saturated carbocycles. The average molecular weight is 382 g/mol. The second-order valence-electron chi connectivity index (χ2n) is 7.19. The number of oxime groups is 1. The number of hydrogen-bond acceptors (Lipinski definition) is 4. The maximum absolute atomic E-state index is 6.34. The third-order valence-electron chi connectivity index (χ3n) is 5.39. The molecule has 0 radical (unpaired) electrons. The zero-order valence-electron chi connectivity index (χ0n) is 16.3. The van der Waals surface area contributed by atoms with E-state index in [1.807, 2.05) is 24.3 Å². The minimum Gasteiger partial charge on any atom is -0.487 e. The summed E-state index contributed by atoms with van der Waals surface area (Å²) in [5, 5.41) is 6.70. The third-order valence-corrected chi connectivity index (χ3v) is 5.39. The molecular weight excluding hydrogens is 360 g/mol. The molecule has 144 valence electrons. The maximum Gasteiger partial charge on any atom is 0.146 e. The molecule has 0 fully saturated rings. The summed E-state index contributed by atoms with van der Waals surface area (Å²) in [6.07, 6.45) is 9.43. The number of hydrogen-bond donors (Lipinski definition) is 0. The molecular formula is C25H22N2O2. The molecule has 2 aliphatic heterocycles. The molecule has 0 unspecified atom stereocenters. The van der Waals surface area contributed by atoms with Crippen LogP contribution in [0, 0.1) is 0 Å². The van der Waals surface area contributed by atoms with Crippen molar-refractivity contribution >= 4 is 17.0 Å². The minimum absolute atomic E-state index is 0.502. The second-order valence-corrected chi connectivity index (χ2v) is 7.19. The van der Waals surface area contributed by atoms with Crippen molar-refractivity contribution in [1.82, 2.24) is 4.90 Å². The Hall–Kier alpha value is -3.53. The fourth-order valence-corrected chi connectivity index (χ4v) is 4.14. The van der Waals surface area contributed by atoms with Crippen molar-refractivity contribution in [1.29, 1.82) is 0 Å². The van der Waals surface area contributed by atoms with Crippen molar-refractivity contribution in [3.8, 4) is 0 Å². The van der Waals surface area contributed by atoms with Crippen molar-refractivity contribution in [3.05, 3.63) is 106 Å². The second kappa shape index (κ2) is 7.47. The van der Waals surface area contributed by atoms with Crippen LogP contribution in [0.1, 0.15) is 12.0 Å². The number of rotatable bonds is 4. The van der Waals surface area contributed by atoms with E-state index in [-0.39, 0.29) is 0 Å². The van der Waals surface area contributed by atoms with Gasteiger partial charge in [0.05, 0.1) is 12.2 Å². The minimum atomic E-state index is 0.502. The van der Waals surface area contributed by atoms with Crippen molar-refractivity contribution in [2.45, 2.75) is 13.0 Å². The van der Waals surface area contributed by atoms with E-state index in [1.54, 1.807) is 7.11 Å². The number of ether oxygens (including phenoxy) is 1. The first-order valence-corrected chi connectivity index (χ1v) is 9.81. The molecule has 2 aromatic carbocycles. The first kappa shape index (κ1) is 17.6. The first-order valence-electron chi connectivity index (χ1n) is 9.81. The molecule has 0 N–H and O–H groups in total. The molecule has 0 amide bonds. The highest BCUT2D eigenvalue weighted by Crippen LogP contribution is 2.34. The Labute approximate surface area is 170 Å². The number of allylic oxidation sites excluding steroid dienone is 4. The van der Waals surface area contributed by atoms with Gasteiger partial charge < -0.3 is 14.5 Å². The van der Waals surface area contributed by atoms with E-state index in [2.05, 4.69) is 64.7 Å². The molecule has 0 saturated heterocycles. The van der Waals surface area contributed by atoms with E-state index in [0.29, 0.717) is 13.2 Å². The predicted octanol–water partition coefficient (Wildman–Crippen LogP) is 3.22. The summed E-state index contributed by atoms with van der Waals surface area (Å²) in [6, 6.07) is 18.8. The van der Waals surface area contributed by atoms with E-state index >= 15 is 0 Å². The van der Waals surface area contributed by atoms with E-state index in [1.165, 1.54) is 21.7 Å². The van der Waals surface area contributed by atoms with Gasteiger partial charge in [-0.05, 0) is 28.9 Å². The molecule has 4 heteroatoms. The molecule has 5 rings (SSSR count). The zero-order valence-corrected chi connectivity index (χ0v) is 16.3. The van der Waals surface area contributed by atoms with Crippen LogP contribution < -0.4 is 10.4 Å². The lowest BCUT2D eigenvalue weighted by Gasteiger charge is -2.38. The number of fused-ring (bicyclic) bond motifs is 4. The summed E-state index contributed by atoms with van der Waals surface area (Å²) < 4.78 is 6.34. The molecule has 2 aromatic rings. The van der Waals surface area contributed by atoms with Gasteiger partial charge in [0.15, 0.2) is 0 Å². The zero-order chi connectivity index (χ0) is 19.6. The first-order chi connectivity index (χ1) is 14.3. The molecule has 3 aliphatic rings. The lowest BCUT2D eigenvalue weighted by atomic mass is 9.92. The molecule has 4 nitrogen and oxygen atoms in total. The Bertz CT molecular complexity index is 1190. The standard InChI is InChI=1S/C25H22N2O2/c1-28-26-19-15-24(29-17-18-9-3-2-4-10-18)25-22-13-6-5-11-20(22)21-12-7-8-14-23(21)27(25)16-19/h2-11,13-15H,12,16-17H2,1H3/b26-19+. The van der Waals surface area contributed by atoms with Gasteiger partial charge in [0, 0.05) is 17.0 Å². The van der Waals surface area contributed by atoms with Gasteiger partial charge in [-0.3, -0.25) is 0 Å². The number of nitrogens with zero attached hydrogens (tertiary/aromatic N) is 2. The van der Waals surface area contributed by atoms with E-state index in [0.717, 1.165) is 29.2 Å². The molecule has 0 aromatic heterocycles. The van der Waals surface area contributed by atoms with Gasteiger partial charge in [-0.2, -0.15) is 0 Å². The van der Waals surface area contributed by atoms with E-state index < -0.39 is 0 Å². The lowest BCUT2D eigenvalue weighted by molar-refractivity contribution is 0.200. The monoisotopic (exact) mass is 382 g/mol. The highest BCUT2D eigenvalue weighted by molar-refractivity contribution is 6.02. The van der Waals surface area contributed by atoms with Gasteiger partial charge in [0.2, 0.25) is 0 Å². The summed E-state index contributed by atoms with van der Waals surface area (Å²) in [6.45, 7) is 1.15.